The predicted octanol–water partition coefficient (Wildman–Crippen LogP) is 4.74. The molecule has 29 heavy (non-hydrogen) atoms. The summed E-state index contributed by atoms with van der Waals surface area (Å²) < 4.78 is 1.04. The molecule has 0 bridgehead atoms. The van der Waals surface area contributed by atoms with E-state index in [0.717, 1.165) is 26.5 Å². The Bertz CT molecular complexity index is 1280. The van der Waals surface area contributed by atoms with Gasteiger partial charge >= 0.3 is 5.69 Å². The first-order valence-electron chi connectivity index (χ1n) is 8.46. The van der Waals surface area contributed by atoms with Crippen molar-refractivity contribution in [1.29, 1.82) is 0 Å². The topological polar surface area (TPSA) is 80.6 Å². The van der Waals surface area contributed by atoms with Crippen LogP contribution in [0.2, 0.25) is 10.0 Å². The Morgan fingerprint density at radius 2 is 1.86 bits per heavy atom. The highest BCUT2D eigenvalue weighted by atomic mass is 35.5. The molecule has 0 aliphatic rings. The molecular formula is C19H14Cl2N4O2S2. The van der Waals surface area contributed by atoms with Crippen molar-refractivity contribution >= 4 is 45.9 Å². The fourth-order valence-electron chi connectivity index (χ4n) is 3.02. The van der Waals surface area contributed by atoms with Crippen LogP contribution in [0.25, 0.3) is 16.3 Å². The van der Waals surface area contributed by atoms with Crippen LogP contribution in [0.5, 0.6) is 0 Å². The number of rotatable bonds is 4. The van der Waals surface area contributed by atoms with Crippen LogP contribution in [-0.2, 0) is 5.41 Å². The van der Waals surface area contributed by atoms with Crippen LogP contribution >= 0.6 is 45.9 Å². The zero-order valence-electron chi connectivity index (χ0n) is 15.3. The molecule has 3 heterocycles. The third-order valence-electron chi connectivity index (χ3n) is 4.42. The zero-order chi connectivity index (χ0) is 20.8. The molecule has 0 saturated carbocycles. The van der Waals surface area contributed by atoms with Gasteiger partial charge in [-0.15, -0.1) is 22.7 Å². The average molecular weight is 465 g/mol. The first-order chi connectivity index (χ1) is 13.8. The number of nitrogens with zero attached hydrogens (tertiary/aromatic N) is 3. The Labute approximate surface area is 183 Å². The molecular weight excluding hydrogens is 451 g/mol. The molecule has 10 heteroatoms. The van der Waals surface area contributed by atoms with E-state index in [1.54, 1.807) is 34.8 Å². The van der Waals surface area contributed by atoms with Crippen molar-refractivity contribution in [3.05, 3.63) is 82.7 Å². The highest BCUT2D eigenvalue weighted by Gasteiger charge is 2.32. The molecule has 0 spiro atoms. The molecule has 6 nitrogen and oxygen atoms in total. The van der Waals surface area contributed by atoms with Crippen molar-refractivity contribution in [1.82, 2.24) is 19.7 Å². The van der Waals surface area contributed by atoms with Gasteiger partial charge in [0.05, 0.1) is 16.3 Å². The number of hydrogen-bond donors (Lipinski definition) is 1. The highest BCUT2D eigenvalue weighted by Crippen LogP contribution is 2.43. The Morgan fingerprint density at radius 3 is 2.48 bits per heavy atom. The van der Waals surface area contributed by atoms with E-state index in [0.29, 0.717) is 21.3 Å². The number of H-pyrrole nitrogens is 1. The summed E-state index contributed by atoms with van der Waals surface area (Å²) in [5.41, 5.74) is 0.175. The lowest BCUT2D eigenvalue weighted by molar-refractivity contribution is 0.635. The van der Waals surface area contributed by atoms with Crippen LogP contribution in [0.15, 0.2) is 50.8 Å². The van der Waals surface area contributed by atoms with Crippen molar-refractivity contribution in [3.63, 3.8) is 0 Å². The Morgan fingerprint density at radius 1 is 1.14 bits per heavy atom. The second-order valence-electron chi connectivity index (χ2n) is 6.78. The van der Waals surface area contributed by atoms with Gasteiger partial charge in [0.1, 0.15) is 11.2 Å². The van der Waals surface area contributed by atoms with Gasteiger partial charge in [-0.3, -0.25) is 9.78 Å². The maximum absolute atomic E-state index is 12.0. The van der Waals surface area contributed by atoms with Crippen LogP contribution in [0.1, 0.15) is 24.4 Å². The van der Waals surface area contributed by atoms with E-state index in [9.17, 15) is 9.59 Å². The monoisotopic (exact) mass is 464 g/mol. The summed E-state index contributed by atoms with van der Waals surface area (Å²) in [5.74, 6) is 0. The zero-order valence-corrected chi connectivity index (χ0v) is 18.4. The summed E-state index contributed by atoms with van der Waals surface area (Å²) in [5, 5.41) is 9.51. The first kappa shape index (κ1) is 20.0. The number of nitrogens with one attached hydrogen (secondary N) is 1. The Balaban J connectivity index is 1.78. The van der Waals surface area contributed by atoms with Gasteiger partial charge < -0.3 is 0 Å². The minimum atomic E-state index is -0.669. The summed E-state index contributed by atoms with van der Waals surface area (Å²) in [7, 11) is 0. The number of benzene rings is 1. The van der Waals surface area contributed by atoms with E-state index < -0.39 is 16.7 Å². The second kappa shape index (κ2) is 7.53. The van der Waals surface area contributed by atoms with Crippen molar-refractivity contribution in [2.24, 2.45) is 0 Å². The third-order valence-corrected chi connectivity index (χ3v) is 7.08. The number of aromatic amines is 1. The molecule has 3 aromatic heterocycles. The minimum Gasteiger partial charge on any atom is -0.271 e. The van der Waals surface area contributed by atoms with Crippen molar-refractivity contribution < 1.29 is 0 Å². The van der Waals surface area contributed by atoms with E-state index >= 15 is 0 Å². The highest BCUT2D eigenvalue weighted by molar-refractivity contribution is 7.14. The molecule has 0 unspecified atom stereocenters. The molecule has 0 atom stereocenters. The average Bonchev–Trinajstić information content (AvgIpc) is 3.32. The first-order valence-corrected chi connectivity index (χ1v) is 11.0. The minimum absolute atomic E-state index is 0.360. The molecule has 0 amide bonds. The van der Waals surface area contributed by atoms with E-state index in [1.165, 1.54) is 0 Å². The Hall–Kier alpha value is -2.26. The van der Waals surface area contributed by atoms with E-state index in [4.69, 9.17) is 28.2 Å². The van der Waals surface area contributed by atoms with Gasteiger partial charge in [-0.05, 0) is 37.4 Å². The van der Waals surface area contributed by atoms with Crippen LogP contribution in [0.3, 0.4) is 0 Å². The van der Waals surface area contributed by atoms with Crippen molar-refractivity contribution in [2.75, 3.05) is 0 Å². The summed E-state index contributed by atoms with van der Waals surface area (Å²) in [4.78, 5) is 31.3. The second-order valence-corrected chi connectivity index (χ2v) is 9.40. The normalized spacial score (nSPS) is 11.7. The Kier molecular flexibility index (Phi) is 5.20. The molecule has 0 aliphatic carbocycles. The number of aromatic nitrogens is 4. The predicted molar refractivity (Wildman–Crippen MR) is 118 cm³/mol. The van der Waals surface area contributed by atoms with E-state index in [-0.39, 0.29) is 0 Å². The molecule has 4 aromatic rings. The van der Waals surface area contributed by atoms with E-state index in [2.05, 4.69) is 10.1 Å². The molecule has 4 rings (SSSR count). The quantitative estimate of drug-likeness (QED) is 0.472. The molecule has 0 saturated heterocycles. The van der Waals surface area contributed by atoms with Crippen molar-refractivity contribution in [2.45, 2.75) is 19.3 Å². The molecule has 1 N–H and O–H groups in total. The fraction of sp³-hybridized carbons (Fsp3) is 0.158. The van der Waals surface area contributed by atoms with Gasteiger partial charge in [-0.2, -0.15) is 9.78 Å². The standard InChI is InChI=1S/C19H14Cl2N4O2S2/c1-19(2,17-23-13(9-29-17)14-4-3-5-28-14)16-11(20)6-10(7-12(16)21)25-18(27)24-15(26)8-22-25/h3-9H,1-2H3,(H,24,26,27). The fourth-order valence-corrected chi connectivity index (χ4v) is 5.68. The summed E-state index contributed by atoms with van der Waals surface area (Å²) in [6.45, 7) is 4.00. The number of halogens is 2. The lowest BCUT2D eigenvalue weighted by atomic mass is 9.85. The van der Waals surface area contributed by atoms with Gasteiger partial charge in [0, 0.05) is 26.4 Å². The molecule has 0 aliphatic heterocycles. The van der Waals surface area contributed by atoms with Crippen molar-refractivity contribution in [3.8, 4) is 16.3 Å². The maximum Gasteiger partial charge on any atom is 0.349 e. The van der Waals surface area contributed by atoms with Crippen LogP contribution in [0, 0.1) is 0 Å². The third kappa shape index (κ3) is 3.69. The van der Waals surface area contributed by atoms with Gasteiger partial charge in [-0.1, -0.05) is 29.3 Å². The van der Waals surface area contributed by atoms with Crippen LogP contribution < -0.4 is 11.2 Å². The molecule has 1 aromatic carbocycles. The van der Waals surface area contributed by atoms with Gasteiger partial charge in [0.15, 0.2) is 0 Å². The number of hydrogen-bond acceptors (Lipinski definition) is 6. The van der Waals surface area contributed by atoms with E-state index in [1.807, 2.05) is 36.7 Å². The maximum atomic E-state index is 12.0. The molecule has 148 valence electrons. The summed E-state index contributed by atoms with van der Waals surface area (Å²) >= 11 is 16.4. The lowest BCUT2D eigenvalue weighted by Gasteiger charge is -2.25. The van der Waals surface area contributed by atoms with Crippen LogP contribution in [-0.4, -0.2) is 19.7 Å². The summed E-state index contributed by atoms with van der Waals surface area (Å²) in [6.07, 6.45) is 1.02. The SMILES string of the molecule is CC(C)(c1nc(-c2cccs2)cs1)c1c(Cl)cc(-n2ncc(=O)[nH]c2=O)cc1Cl. The van der Waals surface area contributed by atoms with Gasteiger partial charge in [0.25, 0.3) is 5.56 Å². The summed E-state index contributed by atoms with van der Waals surface area (Å²) in [6, 6.07) is 7.22. The largest absolute Gasteiger partial charge is 0.349 e. The van der Waals surface area contributed by atoms with Gasteiger partial charge in [-0.25, -0.2) is 9.78 Å². The number of thiophene rings is 1. The molecule has 0 fully saturated rings. The smallest absolute Gasteiger partial charge is 0.271 e. The van der Waals surface area contributed by atoms with Crippen LogP contribution in [0.4, 0.5) is 0 Å². The van der Waals surface area contributed by atoms with Gasteiger partial charge in [0.2, 0.25) is 0 Å². The lowest BCUT2D eigenvalue weighted by Crippen LogP contribution is -2.30. The molecule has 0 radical (unpaired) electrons. The number of thiazole rings is 1.